The summed E-state index contributed by atoms with van der Waals surface area (Å²) in [4.78, 5) is 48.1. The maximum atomic E-state index is 13.1. The van der Waals surface area contributed by atoms with Crippen LogP contribution < -0.4 is 21.0 Å². The number of fused-ring (bicyclic) bond motifs is 1. The number of carbonyl (C=O) groups is 1. The third-order valence-electron chi connectivity index (χ3n) is 11.6. The molecule has 4 aromatic carbocycles. The van der Waals surface area contributed by atoms with Crippen LogP contribution in [0, 0.1) is 0 Å². The number of phenolic OH excluding ortho intramolecular Hbond substituents is 1. The average molecular weight is 725 g/mol. The van der Waals surface area contributed by atoms with Gasteiger partial charge in [0.1, 0.15) is 5.75 Å². The number of aromatic hydroxyl groups is 1. The number of nitrogens with one attached hydrogen (secondary N) is 1. The number of aromatic amines is 1. The molecule has 54 heavy (non-hydrogen) atoms. The van der Waals surface area contributed by atoms with Crippen molar-refractivity contribution in [1.82, 2.24) is 19.4 Å². The van der Waals surface area contributed by atoms with Crippen molar-refractivity contribution < 1.29 is 9.90 Å². The summed E-state index contributed by atoms with van der Waals surface area (Å²) in [6.45, 7) is 7.76. The maximum absolute atomic E-state index is 13.1. The molecule has 1 aromatic heterocycles. The van der Waals surface area contributed by atoms with Crippen LogP contribution in [0.2, 0.25) is 0 Å². The first-order valence-corrected chi connectivity index (χ1v) is 19.3. The molecule has 0 saturated carbocycles. The molecular formula is C44H48N6O4. The highest BCUT2D eigenvalue weighted by molar-refractivity contribution is 5.76. The van der Waals surface area contributed by atoms with E-state index in [-0.39, 0.29) is 11.8 Å². The Morgan fingerprint density at radius 2 is 1.35 bits per heavy atom. The molecule has 278 valence electrons. The van der Waals surface area contributed by atoms with E-state index in [0.717, 1.165) is 70.8 Å². The third kappa shape index (κ3) is 7.70. The van der Waals surface area contributed by atoms with Crippen molar-refractivity contribution in [1.29, 1.82) is 0 Å². The van der Waals surface area contributed by atoms with E-state index >= 15 is 0 Å². The second kappa shape index (κ2) is 15.8. The van der Waals surface area contributed by atoms with Gasteiger partial charge in [-0.2, -0.15) is 0 Å². The van der Waals surface area contributed by atoms with Crippen molar-refractivity contribution in [2.75, 3.05) is 68.7 Å². The highest BCUT2D eigenvalue weighted by Crippen LogP contribution is 2.47. The van der Waals surface area contributed by atoms with Gasteiger partial charge in [-0.3, -0.25) is 24.0 Å². The van der Waals surface area contributed by atoms with Gasteiger partial charge in [-0.1, -0.05) is 48.5 Å². The predicted molar refractivity (Wildman–Crippen MR) is 213 cm³/mol. The van der Waals surface area contributed by atoms with Gasteiger partial charge in [0, 0.05) is 88.3 Å². The monoisotopic (exact) mass is 724 g/mol. The van der Waals surface area contributed by atoms with E-state index in [4.69, 9.17) is 0 Å². The summed E-state index contributed by atoms with van der Waals surface area (Å²) in [6, 6.07) is 35.0. The van der Waals surface area contributed by atoms with Gasteiger partial charge >= 0.3 is 5.69 Å². The van der Waals surface area contributed by atoms with E-state index in [2.05, 4.69) is 80.3 Å². The summed E-state index contributed by atoms with van der Waals surface area (Å²) in [7, 11) is 0. The Balaban J connectivity index is 0.794. The summed E-state index contributed by atoms with van der Waals surface area (Å²) in [6.07, 6.45) is 4.94. The molecule has 2 saturated heterocycles. The van der Waals surface area contributed by atoms with Crippen LogP contribution in [0.3, 0.4) is 0 Å². The standard InChI is InChI=1S/C44H48N6O4/c51-38-17-19-40-34(31-38)10-18-39(32-5-2-1-3-6-32)43(40)33-8-11-35(12-9-33)47-25-23-46(24-26-47)21-4-7-42(53)49-29-27-48(28-30-49)36-13-15-37(16-14-36)50-22-20-41(52)45-44(50)54/h1-3,5-6,8-9,11-17,19-20,22,31,39,43,51H,4,7,10,18,21,23-30H2,(H,45,52,54)/t39-,43+/m1/s1. The Labute approximate surface area is 315 Å². The third-order valence-corrected chi connectivity index (χ3v) is 11.6. The van der Waals surface area contributed by atoms with Gasteiger partial charge in [0.2, 0.25) is 5.91 Å². The first kappa shape index (κ1) is 35.4. The molecule has 1 aliphatic carbocycles. The van der Waals surface area contributed by atoms with Crippen LogP contribution in [-0.2, 0) is 11.2 Å². The van der Waals surface area contributed by atoms with Gasteiger partial charge in [-0.25, -0.2) is 4.79 Å². The molecule has 1 amide bonds. The molecule has 2 N–H and O–H groups in total. The molecule has 0 bridgehead atoms. The first-order valence-electron chi connectivity index (χ1n) is 19.3. The zero-order valence-corrected chi connectivity index (χ0v) is 30.6. The number of hydrogen-bond donors (Lipinski definition) is 2. The zero-order valence-electron chi connectivity index (χ0n) is 30.6. The van der Waals surface area contributed by atoms with E-state index in [9.17, 15) is 19.5 Å². The highest BCUT2D eigenvalue weighted by Gasteiger charge is 2.32. The summed E-state index contributed by atoms with van der Waals surface area (Å²) >= 11 is 0. The minimum absolute atomic E-state index is 0.230. The Morgan fingerprint density at radius 1 is 0.704 bits per heavy atom. The molecule has 8 rings (SSSR count). The average Bonchev–Trinajstić information content (AvgIpc) is 3.21. The molecule has 0 spiro atoms. The second-order valence-corrected chi connectivity index (χ2v) is 14.8. The molecule has 10 nitrogen and oxygen atoms in total. The Kier molecular flexibility index (Phi) is 10.4. The first-order chi connectivity index (χ1) is 26.4. The number of anilines is 2. The van der Waals surface area contributed by atoms with E-state index in [0.29, 0.717) is 36.9 Å². The number of phenols is 1. The number of aryl methyl sites for hydroxylation is 1. The number of aromatic nitrogens is 2. The number of hydrogen-bond acceptors (Lipinski definition) is 7. The molecule has 3 heterocycles. The highest BCUT2D eigenvalue weighted by atomic mass is 16.3. The van der Waals surface area contributed by atoms with Crippen LogP contribution in [0.25, 0.3) is 5.69 Å². The Morgan fingerprint density at radius 3 is 2.04 bits per heavy atom. The molecule has 5 aromatic rings. The van der Waals surface area contributed by atoms with Crippen molar-refractivity contribution in [2.45, 2.75) is 37.5 Å². The number of H-pyrrole nitrogens is 1. The SMILES string of the molecule is O=C(CCCN1CCN(c2ccc([C@@H]3c4ccc(O)cc4CC[C@@H]3c3ccccc3)cc2)CC1)N1CCN(c2ccc(-n3ccc(=O)[nH]c3=O)cc2)CC1. The Bertz CT molecular complexity index is 2170. The fraction of sp³-hybridized carbons (Fsp3) is 0.341. The van der Waals surface area contributed by atoms with Gasteiger partial charge in [0.15, 0.2) is 0 Å². The van der Waals surface area contributed by atoms with Crippen molar-refractivity contribution >= 4 is 17.3 Å². The van der Waals surface area contributed by atoms with Gasteiger partial charge in [0.05, 0.1) is 5.69 Å². The molecule has 2 fully saturated rings. The van der Waals surface area contributed by atoms with Gasteiger partial charge in [-0.15, -0.1) is 0 Å². The lowest BCUT2D eigenvalue weighted by Gasteiger charge is -2.37. The van der Waals surface area contributed by atoms with E-state index in [1.54, 1.807) is 0 Å². The normalized spacial score (nSPS) is 19.1. The van der Waals surface area contributed by atoms with Gasteiger partial charge < -0.3 is 19.8 Å². The lowest BCUT2D eigenvalue weighted by Crippen LogP contribution is -2.49. The summed E-state index contributed by atoms with van der Waals surface area (Å²) < 4.78 is 1.41. The number of rotatable bonds is 9. The second-order valence-electron chi connectivity index (χ2n) is 14.8. The lowest BCUT2D eigenvalue weighted by atomic mass is 9.69. The number of benzene rings is 4. The van der Waals surface area contributed by atoms with Crippen molar-refractivity contribution in [3.8, 4) is 11.4 Å². The van der Waals surface area contributed by atoms with Gasteiger partial charge in [-0.05, 0) is 103 Å². The molecule has 0 unspecified atom stereocenters. The van der Waals surface area contributed by atoms with Crippen LogP contribution in [-0.4, -0.2) is 89.3 Å². The number of carbonyl (C=O) groups excluding carboxylic acids is 1. The number of amides is 1. The van der Waals surface area contributed by atoms with Crippen molar-refractivity contribution in [2.24, 2.45) is 0 Å². The van der Waals surface area contributed by atoms with Crippen LogP contribution in [0.15, 0.2) is 119 Å². The predicted octanol–water partition coefficient (Wildman–Crippen LogP) is 5.34. The van der Waals surface area contributed by atoms with E-state index in [1.807, 2.05) is 41.3 Å². The molecule has 10 heteroatoms. The van der Waals surface area contributed by atoms with Crippen molar-refractivity contribution in [3.05, 3.63) is 152 Å². The number of piperazine rings is 2. The Hall–Kier alpha value is -5.61. The summed E-state index contributed by atoms with van der Waals surface area (Å²) in [5.74, 6) is 1.21. The van der Waals surface area contributed by atoms with Crippen LogP contribution in [0.5, 0.6) is 5.75 Å². The van der Waals surface area contributed by atoms with Crippen LogP contribution in [0.4, 0.5) is 11.4 Å². The molecule has 0 radical (unpaired) electrons. The fourth-order valence-electron chi connectivity index (χ4n) is 8.67. The minimum Gasteiger partial charge on any atom is -0.508 e. The quantitative estimate of drug-likeness (QED) is 0.212. The van der Waals surface area contributed by atoms with Gasteiger partial charge in [0.25, 0.3) is 5.56 Å². The topological polar surface area (TPSA) is 105 Å². The largest absolute Gasteiger partial charge is 0.508 e. The number of nitrogens with zero attached hydrogens (tertiary/aromatic N) is 5. The van der Waals surface area contributed by atoms with E-state index < -0.39 is 11.2 Å². The smallest absolute Gasteiger partial charge is 0.332 e. The molecule has 2 aliphatic heterocycles. The molecule has 3 aliphatic rings. The summed E-state index contributed by atoms with van der Waals surface area (Å²) in [5.41, 5.74) is 7.37. The maximum Gasteiger partial charge on any atom is 0.332 e. The molecule has 2 atom stereocenters. The van der Waals surface area contributed by atoms with Crippen LogP contribution in [0.1, 0.15) is 53.4 Å². The minimum atomic E-state index is -0.464. The van der Waals surface area contributed by atoms with E-state index in [1.165, 1.54) is 44.8 Å². The summed E-state index contributed by atoms with van der Waals surface area (Å²) in [5, 5.41) is 10.2. The van der Waals surface area contributed by atoms with Crippen molar-refractivity contribution in [3.63, 3.8) is 0 Å². The zero-order chi connectivity index (χ0) is 37.0. The molecular weight excluding hydrogens is 677 g/mol. The lowest BCUT2D eigenvalue weighted by molar-refractivity contribution is -0.131. The van der Waals surface area contributed by atoms with Crippen LogP contribution >= 0.6 is 0 Å². The fourth-order valence-corrected chi connectivity index (χ4v) is 8.67.